The van der Waals surface area contributed by atoms with Gasteiger partial charge in [0.2, 0.25) is 5.91 Å². The van der Waals surface area contributed by atoms with E-state index in [1.807, 2.05) is 11.8 Å². The molecule has 1 saturated heterocycles. The van der Waals surface area contributed by atoms with E-state index < -0.39 is 0 Å². The lowest BCUT2D eigenvalue weighted by Gasteiger charge is -2.31. The van der Waals surface area contributed by atoms with Crippen LogP contribution in [0.4, 0.5) is 0 Å². The molecule has 3 atom stereocenters. The molecule has 17 heavy (non-hydrogen) atoms. The van der Waals surface area contributed by atoms with Gasteiger partial charge in [0.25, 0.3) is 0 Å². The Morgan fingerprint density at radius 2 is 2.35 bits per heavy atom. The minimum absolute atomic E-state index is 0.0377. The topological polar surface area (TPSA) is 41.1 Å². The molecule has 1 aliphatic heterocycles. The monoisotopic (exact) mass is 256 g/mol. The first-order valence-corrected chi connectivity index (χ1v) is 8.06. The second-order valence-corrected chi connectivity index (χ2v) is 6.38. The molecule has 0 aromatic rings. The zero-order chi connectivity index (χ0) is 12.1. The largest absolute Gasteiger partial charge is 0.352 e. The van der Waals surface area contributed by atoms with Crippen molar-refractivity contribution in [3.8, 4) is 0 Å². The SMILES string of the molecule is CCC1CCCC(NC(=O)C2CSCCN2)C1. The summed E-state index contributed by atoms with van der Waals surface area (Å²) in [5, 5.41) is 6.54. The van der Waals surface area contributed by atoms with Crippen molar-refractivity contribution in [1.29, 1.82) is 0 Å². The lowest BCUT2D eigenvalue weighted by Crippen LogP contribution is -2.52. The predicted molar refractivity (Wildman–Crippen MR) is 73.3 cm³/mol. The van der Waals surface area contributed by atoms with Crippen LogP contribution in [-0.2, 0) is 4.79 Å². The van der Waals surface area contributed by atoms with Gasteiger partial charge in [0.05, 0.1) is 6.04 Å². The highest BCUT2D eigenvalue weighted by molar-refractivity contribution is 7.99. The molecule has 0 radical (unpaired) electrons. The zero-order valence-electron chi connectivity index (χ0n) is 10.7. The van der Waals surface area contributed by atoms with E-state index in [4.69, 9.17) is 0 Å². The number of rotatable bonds is 3. The molecular weight excluding hydrogens is 232 g/mol. The van der Waals surface area contributed by atoms with Crippen molar-refractivity contribution in [3.63, 3.8) is 0 Å². The predicted octanol–water partition coefficient (Wildman–Crippen LogP) is 1.78. The highest BCUT2D eigenvalue weighted by Crippen LogP contribution is 2.26. The smallest absolute Gasteiger partial charge is 0.238 e. The Morgan fingerprint density at radius 3 is 3.06 bits per heavy atom. The Morgan fingerprint density at radius 1 is 1.47 bits per heavy atom. The van der Waals surface area contributed by atoms with Crippen molar-refractivity contribution in [2.24, 2.45) is 5.92 Å². The summed E-state index contributed by atoms with van der Waals surface area (Å²) in [4.78, 5) is 12.1. The first kappa shape index (κ1) is 13.2. The summed E-state index contributed by atoms with van der Waals surface area (Å²) in [7, 11) is 0. The molecule has 0 bridgehead atoms. The third-order valence-electron chi connectivity index (χ3n) is 3.94. The Balaban J connectivity index is 1.77. The number of hydrogen-bond donors (Lipinski definition) is 2. The van der Waals surface area contributed by atoms with Crippen molar-refractivity contribution in [1.82, 2.24) is 10.6 Å². The van der Waals surface area contributed by atoms with E-state index in [0.717, 1.165) is 24.0 Å². The van der Waals surface area contributed by atoms with E-state index in [1.54, 1.807) is 0 Å². The molecule has 2 fully saturated rings. The number of carbonyl (C=O) groups excluding carboxylic acids is 1. The van der Waals surface area contributed by atoms with Gasteiger partial charge in [-0.3, -0.25) is 4.79 Å². The van der Waals surface area contributed by atoms with E-state index in [-0.39, 0.29) is 11.9 Å². The highest BCUT2D eigenvalue weighted by Gasteiger charge is 2.26. The molecule has 0 spiro atoms. The normalized spacial score (nSPS) is 34.3. The summed E-state index contributed by atoms with van der Waals surface area (Å²) < 4.78 is 0. The Kier molecular flexibility index (Phi) is 5.16. The van der Waals surface area contributed by atoms with Crippen LogP contribution < -0.4 is 10.6 Å². The zero-order valence-corrected chi connectivity index (χ0v) is 11.5. The van der Waals surface area contributed by atoms with E-state index in [0.29, 0.717) is 6.04 Å². The molecule has 98 valence electrons. The lowest BCUT2D eigenvalue weighted by molar-refractivity contribution is -0.123. The molecule has 2 rings (SSSR count). The van der Waals surface area contributed by atoms with E-state index >= 15 is 0 Å². The van der Waals surface area contributed by atoms with Crippen molar-refractivity contribution in [3.05, 3.63) is 0 Å². The van der Waals surface area contributed by atoms with E-state index in [1.165, 1.54) is 32.1 Å². The maximum atomic E-state index is 12.1. The molecule has 0 aromatic carbocycles. The molecule has 3 unspecified atom stereocenters. The fraction of sp³-hybridized carbons (Fsp3) is 0.923. The molecule has 4 heteroatoms. The Labute approximate surface area is 108 Å². The fourth-order valence-corrected chi connectivity index (χ4v) is 3.76. The average molecular weight is 256 g/mol. The van der Waals surface area contributed by atoms with Gasteiger partial charge in [0.1, 0.15) is 0 Å². The van der Waals surface area contributed by atoms with Crippen molar-refractivity contribution in [2.45, 2.75) is 51.1 Å². The number of carbonyl (C=O) groups is 1. The van der Waals surface area contributed by atoms with Crippen LogP contribution >= 0.6 is 11.8 Å². The average Bonchev–Trinajstić information content (AvgIpc) is 2.40. The van der Waals surface area contributed by atoms with Gasteiger partial charge in [-0.1, -0.05) is 26.2 Å². The summed E-state index contributed by atoms with van der Waals surface area (Å²) in [6.45, 7) is 3.22. The third kappa shape index (κ3) is 3.88. The minimum Gasteiger partial charge on any atom is -0.352 e. The minimum atomic E-state index is 0.0377. The van der Waals surface area contributed by atoms with Gasteiger partial charge in [-0.25, -0.2) is 0 Å². The molecule has 0 aromatic heterocycles. The summed E-state index contributed by atoms with van der Waals surface area (Å²) in [6.07, 6.45) is 6.23. The van der Waals surface area contributed by atoms with E-state index in [9.17, 15) is 4.79 Å². The molecule has 1 heterocycles. The fourth-order valence-electron chi connectivity index (χ4n) is 2.83. The van der Waals surface area contributed by atoms with Crippen LogP contribution in [0, 0.1) is 5.92 Å². The van der Waals surface area contributed by atoms with Gasteiger partial charge in [0, 0.05) is 24.1 Å². The number of hydrogen-bond acceptors (Lipinski definition) is 3. The Bertz CT molecular complexity index is 254. The second kappa shape index (κ2) is 6.64. The summed E-state index contributed by atoms with van der Waals surface area (Å²) in [5.41, 5.74) is 0. The maximum Gasteiger partial charge on any atom is 0.238 e. The van der Waals surface area contributed by atoms with Crippen LogP contribution in [0.1, 0.15) is 39.0 Å². The molecule has 1 amide bonds. The van der Waals surface area contributed by atoms with Gasteiger partial charge in [-0.05, 0) is 18.8 Å². The van der Waals surface area contributed by atoms with Crippen LogP contribution in [0.3, 0.4) is 0 Å². The van der Waals surface area contributed by atoms with Crippen molar-refractivity contribution >= 4 is 17.7 Å². The molecule has 2 aliphatic rings. The molecule has 1 saturated carbocycles. The maximum absolute atomic E-state index is 12.1. The molecule has 3 nitrogen and oxygen atoms in total. The van der Waals surface area contributed by atoms with Gasteiger partial charge in [-0.15, -0.1) is 0 Å². The van der Waals surface area contributed by atoms with Crippen LogP contribution in [0.2, 0.25) is 0 Å². The summed E-state index contributed by atoms with van der Waals surface area (Å²) in [5.74, 6) is 3.10. The molecule has 2 N–H and O–H groups in total. The number of thioether (sulfide) groups is 1. The first-order chi connectivity index (χ1) is 8.29. The van der Waals surface area contributed by atoms with Gasteiger partial charge in [0.15, 0.2) is 0 Å². The lowest BCUT2D eigenvalue weighted by atomic mass is 9.84. The Hall–Kier alpha value is -0.220. The van der Waals surface area contributed by atoms with Crippen LogP contribution in [0.5, 0.6) is 0 Å². The van der Waals surface area contributed by atoms with Gasteiger partial charge in [-0.2, -0.15) is 11.8 Å². The molecule has 1 aliphatic carbocycles. The van der Waals surface area contributed by atoms with Crippen LogP contribution in [0.15, 0.2) is 0 Å². The summed E-state index contributed by atoms with van der Waals surface area (Å²) in [6, 6.07) is 0.464. The highest BCUT2D eigenvalue weighted by atomic mass is 32.2. The van der Waals surface area contributed by atoms with Crippen molar-refractivity contribution < 1.29 is 4.79 Å². The number of amides is 1. The quantitative estimate of drug-likeness (QED) is 0.809. The standard InChI is InChI=1S/C13H24N2OS/c1-2-10-4-3-5-11(8-10)15-13(16)12-9-17-7-6-14-12/h10-12,14H,2-9H2,1H3,(H,15,16). The van der Waals surface area contributed by atoms with Crippen molar-refractivity contribution in [2.75, 3.05) is 18.1 Å². The number of nitrogens with one attached hydrogen (secondary N) is 2. The first-order valence-electron chi connectivity index (χ1n) is 6.91. The van der Waals surface area contributed by atoms with Crippen LogP contribution in [-0.4, -0.2) is 36.0 Å². The molecular formula is C13H24N2OS. The van der Waals surface area contributed by atoms with Crippen LogP contribution in [0.25, 0.3) is 0 Å². The van der Waals surface area contributed by atoms with Gasteiger partial charge >= 0.3 is 0 Å². The summed E-state index contributed by atoms with van der Waals surface area (Å²) >= 11 is 1.88. The van der Waals surface area contributed by atoms with E-state index in [2.05, 4.69) is 17.6 Å². The third-order valence-corrected chi connectivity index (χ3v) is 5.01. The van der Waals surface area contributed by atoms with Gasteiger partial charge < -0.3 is 10.6 Å². The second-order valence-electron chi connectivity index (χ2n) is 5.23.